The van der Waals surface area contributed by atoms with Crippen molar-refractivity contribution in [1.82, 2.24) is 0 Å². The van der Waals surface area contributed by atoms with E-state index < -0.39 is 5.97 Å². The van der Waals surface area contributed by atoms with Crippen LogP contribution in [0, 0.1) is 17.8 Å². The monoisotopic (exact) mass is 276 g/mol. The molecule has 0 radical (unpaired) electrons. The lowest BCUT2D eigenvalue weighted by molar-refractivity contribution is -0.00972. The number of carbonyl (C=O) groups is 1. The number of esters is 1. The molecule has 3 atom stereocenters. The molecule has 1 saturated carbocycles. The van der Waals surface area contributed by atoms with Gasteiger partial charge in [0.05, 0.1) is 0 Å². The largest absolute Gasteiger partial charge is 0.507 e. The number of carbonyl (C=O) groups excluding carboxylic acids is 1. The fourth-order valence-corrected chi connectivity index (χ4v) is 2.93. The van der Waals surface area contributed by atoms with Crippen molar-refractivity contribution in [3.05, 3.63) is 29.8 Å². The summed E-state index contributed by atoms with van der Waals surface area (Å²) < 4.78 is 5.65. The van der Waals surface area contributed by atoms with Crippen LogP contribution < -0.4 is 0 Å². The summed E-state index contributed by atoms with van der Waals surface area (Å²) in [6.07, 6.45) is 3.20. The first-order chi connectivity index (χ1) is 9.49. The maximum absolute atomic E-state index is 12.2. The second-order valence-corrected chi connectivity index (χ2v) is 6.26. The highest BCUT2D eigenvalue weighted by Crippen LogP contribution is 2.35. The summed E-state index contributed by atoms with van der Waals surface area (Å²) in [7, 11) is 0. The Labute approximate surface area is 121 Å². The van der Waals surface area contributed by atoms with Crippen molar-refractivity contribution in [3.63, 3.8) is 0 Å². The van der Waals surface area contributed by atoms with E-state index in [0.29, 0.717) is 17.8 Å². The van der Waals surface area contributed by atoms with E-state index in [-0.39, 0.29) is 17.4 Å². The van der Waals surface area contributed by atoms with E-state index >= 15 is 0 Å². The van der Waals surface area contributed by atoms with Crippen molar-refractivity contribution in [1.29, 1.82) is 0 Å². The third-order valence-electron chi connectivity index (χ3n) is 4.49. The van der Waals surface area contributed by atoms with E-state index in [1.54, 1.807) is 18.2 Å². The number of hydrogen-bond acceptors (Lipinski definition) is 3. The minimum absolute atomic E-state index is 0.0126. The molecule has 0 bridgehead atoms. The topological polar surface area (TPSA) is 46.5 Å². The van der Waals surface area contributed by atoms with Crippen LogP contribution in [0.25, 0.3) is 0 Å². The summed E-state index contributed by atoms with van der Waals surface area (Å²) in [6.45, 7) is 6.59. The van der Waals surface area contributed by atoms with Gasteiger partial charge in [0.25, 0.3) is 0 Å². The molecule has 1 fully saturated rings. The summed E-state index contributed by atoms with van der Waals surface area (Å²) in [5, 5.41) is 9.72. The van der Waals surface area contributed by atoms with E-state index in [9.17, 15) is 9.90 Å². The van der Waals surface area contributed by atoms with Crippen LogP contribution in [0.2, 0.25) is 0 Å². The van der Waals surface area contributed by atoms with Crippen LogP contribution in [0.1, 0.15) is 50.4 Å². The zero-order chi connectivity index (χ0) is 14.7. The summed E-state index contributed by atoms with van der Waals surface area (Å²) in [4.78, 5) is 12.2. The number of aromatic hydroxyl groups is 1. The van der Waals surface area contributed by atoms with Crippen LogP contribution in [0.4, 0.5) is 0 Å². The Morgan fingerprint density at radius 2 is 2.00 bits per heavy atom. The fourth-order valence-electron chi connectivity index (χ4n) is 2.93. The molecule has 1 aliphatic rings. The van der Waals surface area contributed by atoms with Crippen LogP contribution in [0.15, 0.2) is 24.3 Å². The summed E-state index contributed by atoms with van der Waals surface area (Å²) >= 11 is 0. The number of para-hydroxylation sites is 1. The first-order valence-corrected chi connectivity index (χ1v) is 7.48. The lowest BCUT2D eigenvalue weighted by atomic mass is 9.76. The van der Waals surface area contributed by atoms with Gasteiger partial charge in [0.1, 0.15) is 17.4 Å². The molecule has 1 aromatic rings. The summed E-state index contributed by atoms with van der Waals surface area (Å²) in [5.74, 6) is 1.20. The first kappa shape index (κ1) is 14.9. The van der Waals surface area contributed by atoms with Gasteiger partial charge < -0.3 is 9.84 Å². The van der Waals surface area contributed by atoms with Gasteiger partial charge in [-0.15, -0.1) is 0 Å². The Morgan fingerprint density at radius 3 is 2.65 bits per heavy atom. The Kier molecular flexibility index (Phi) is 4.69. The molecule has 0 aliphatic heterocycles. The number of rotatable bonds is 3. The zero-order valence-corrected chi connectivity index (χ0v) is 12.5. The summed E-state index contributed by atoms with van der Waals surface area (Å²) in [6, 6.07) is 6.55. The molecule has 3 nitrogen and oxygen atoms in total. The number of hydrogen-bond donors (Lipinski definition) is 1. The van der Waals surface area contributed by atoms with Gasteiger partial charge >= 0.3 is 5.97 Å². The molecule has 2 rings (SSSR count). The fraction of sp³-hybridized carbons (Fsp3) is 0.588. The van der Waals surface area contributed by atoms with Crippen LogP contribution in [-0.4, -0.2) is 17.2 Å². The van der Waals surface area contributed by atoms with Crippen molar-refractivity contribution in [2.75, 3.05) is 0 Å². The average molecular weight is 276 g/mol. The van der Waals surface area contributed by atoms with Gasteiger partial charge in [0.15, 0.2) is 0 Å². The second-order valence-electron chi connectivity index (χ2n) is 6.26. The predicted molar refractivity (Wildman–Crippen MR) is 78.7 cm³/mol. The number of phenolic OH excluding ortho intramolecular Hbond substituents is 1. The van der Waals surface area contributed by atoms with Crippen molar-refractivity contribution in [3.8, 4) is 5.75 Å². The number of phenols is 1. The molecule has 110 valence electrons. The Morgan fingerprint density at radius 1 is 1.30 bits per heavy atom. The molecule has 0 aromatic heterocycles. The minimum atomic E-state index is -0.413. The van der Waals surface area contributed by atoms with Crippen LogP contribution in [0.3, 0.4) is 0 Å². The first-order valence-electron chi connectivity index (χ1n) is 7.48. The Balaban J connectivity index is 2.04. The van der Waals surface area contributed by atoms with Crippen LogP contribution in [0.5, 0.6) is 5.75 Å². The molecule has 3 unspecified atom stereocenters. The maximum atomic E-state index is 12.2. The van der Waals surface area contributed by atoms with Gasteiger partial charge in [-0.3, -0.25) is 0 Å². The standard InChI is InChI=1S/C17H24O3/c1-11(2)13-9-8-12(3)16(10-13)20-17(19)14-6-4-5-7-15(14)18/h4-7,11-13,16,18H,8-10H2,1-3H3. The molecule has 0 spiro atoms. The Hall–Kier alpha value is -1.51. The second kappa shape index (κ2) is 6.29. The molecule has 1 aliphatic carbocycles. The maximum Gasteiger partial charge on any atom is 0.342 e. The van der Waals surface area contributed by atoms with E-state index in [1.807, 2.05) is 0 Å². The lowest BCUT2D eigenvalue weighted by Gasteiger charge is -2.35. The molecule has 3 heteroatoms. The van der Waals surface area contributed by atoms with Gasteiger partial charge in [-0.2, -0.15) is 0 Å². The van der Waals surface area contributed by atoms with Crippen LogP contribution >= 0.6 is 0 Å². The highest BCUT2D eigenvalue weighted by atomic mass is 16.5. The van der Waals surface area contributed by atoms with Crippen molar-refractivity contribution in [2.45, 2.75) is 46.1 Å². The Bertz CT molecular complexity index is 467. The minimum Gasteiger partial charge on any atom is -0.507 e. The van der Waals surface area contributed by atoms with Gasteiger partial charge in [-0.25, -0.2) is 4.79 Å². The smallest absolute Gasteiger partial charge is 0.342 e. The lowest BCUT2D eigenvalue weighted by Crippen LogP contribution is -2.33. The molecule has 20 heavy (non-hydrogen) atoms. The van der Waals surface area contributed by atoms with E-state index in [2.05, 4.69) is 20.8 Å². The number of ether oxygens (including phenoxy) is 1. The zero-order valence-electron chi connectivity index (χ0n) is 12.5. The highest BCUT2D eigenvalue weighted by molar-refractivity contribution is 5.92. The van der Waals surface area contributed by atoms with Gasteiger partial charge in [-0.05, 0) is 49.1 Å². The highest BCUT2D eigenvalue weighted by Gasteiger charge is 2.32. The molecule has 0 heterocycles. The summed E-state index contributed by atoms with van der Waals surface area (Å²) in [5.41, 5.74) is 0.256. The van der Waals surface area contributed by atoms with Gasteiger partial charge in [0.2, 0.25) is 0 Å². The molecule has 1 aromatic carbocycles. The normalized spacial score (nSPS) is 26.5. The van der Waals surface area contributed by atoms with Gasteiger partial charge in [0, 0.05) is 0 Å². The van der Waals surface area contributed by atoms with Crippen molar-refractivity contribution >= 4 is 5.97 Å². The van der Waals surface area contributed by atoms with E-state index in [1.165, 1.54) is 12.5 Å². The van der Waals surface area contributed by atoms with Crippen molar-refractivity contribution < 1.29 is 14.6 Å². The quantitative estimate of drug-likeness (QED) is 0.848. The predicted octanol–water partition coefficient (Wildman–Crippen LogP) is 4.01. The number of benzene rings is 1. The SMILES string of the molecule is CC(C)C1CCC(C)C(OC(=O)c2ccccc2O)C1. The molecule has 0 amide bonds. The third-order valence-corrected chi connectivity index (χ3v) is 4.49. The van der Waals surface area contributed by atoms with Crippen molar-refractivity contribution in [2.24, 2.45) is 17.8 Å². The van der Waals surface area contributed by atoms with E-state index in [4.69, 9.17) is 4.74 Å². The average Bonchev–Trinajstić information content (AvgIpc) is 2.41. The molecular weight excluding hydrogens is 252 g/mol. The van der Waals surface area contributed by atoms with E-state index in [0.717, 1.165) is 12.8 Å². The molecule has 1 N–H and O–H groups in total. The third kappa shape index (κ3) is 3.33. The van der Waals surface area contributed by atoms with Crippen LogP contribution in [-0.2, 0) is 4.74 Å². The molecule has 0 saturated heterocycles. The van der Waals surface area contributed by atoms with Gasteiger partial charge in [-0.1, -0.05) is 32.9 Å². The molecular formula is C17H24O3.